The lowest BCUT2D eigenvalue weighted by Crippen LogP contribution is -2.05. The van der Waals surface area contributed by atoms with E-state index >= 15 is 0 Å². The van der Waals surface area contributed by atoms with Crippen LogP contribution in [0, 0.1) is 10.1 Å². The van der Waals surface area contributed by atoms with E-state index in [4.69, 9.17) is 5.11 Å². The average molecular weight is 273 g/mol. The molecular formula is C13H11N3O4. The van der Waals surface area contributed by atoms with Crippen molar-refractivity contribution < 1.29 is 14.8 Å². The van der Waals surface area contributed by atoms with Crippen molar-refractivity contribution in [1.82, 2.24) is 4.98 Å². The minimum absolute atomic E-state index is 0.00664. The van der Waals surface area contributed by atoms with Gasteiger partial charge >= 0.3 is 5.97 Å². The topological polar surface area (TPSA) is 105 Å². The van der Waals surface area contributed by atoms with E-state index in [9.17, 15) is 14.9 Å². The van der Waals surface area contributed by atoms with Crippen molar-refractivity contribution in [2.24, 2.45) is 0 Å². The number of nitrogens with one attached hydrogen (secondary N) is 1. The van der Waals surface area contributed by atoms with Crippen molar-refractivity contribution in [2.45, 2.75) is 6.54 Å². The number of aromatic nitrogens is 1. The molecule has 2 rings (SSSR count). The Hall–Kier alpha value is -2.96. The number of carboxylic acid groups (broad SMARTS) is 1. The van der Waals surface area contributed by atoms with E-state index in [1.807, 2.05) is 0 Å². The Morgan fingerprint density at radius 2 is 2.00 bits per heavy atom. The standard InChI is InChI=1S/C13H11N3O4/c17-13(18)10-1-2-12(16(19)20)11(7-10)15-8-9-3-5-14-6-4-9/h1-7,15H,8H2,(H,17,18). The SMILES string of the molecule is O=C(O)c1ccc([N+](=O)[O-])c(NCc2ccncc2)c1. The molecule has 0 amide bonds. The number of pyridine rings is 1. The largest absolute Gasteiger partial charge is 0.478 e. The van der Waals surface area contributed by atoms with E-state index in [0.717, 1.165) is 5.56 Å². The molecule has 0 aliphatic heterocycles. The van der Waals surface area contributed by atoms with Gasteiger partial charge in [-0.25, -0.2) is 4.79 Å². The first-order valence-electron chi connectivity index (χ1n) is 5.72. The number of carbonyl (C=O) groups is 1. The van der Waals surface area contributed by atoms with Crippen molar-refractivity contribution in [3.8, 4) is 0 Å². The molecule has 2 aromatic rings. The highest BCUT2D eigenvalue weighted by molar-refractivity contribution is 5.90. The van der Waals surface area contributed by atoms with E-state index in [2.05, 4.69) is 10.3 Å². The third-order valence-corrected chi connectivity index (χ3v) is 2.67. The van der Waals surface area contributed by atoms with E-state index in [1.165, 1.54) is 18.2 Å². The predicted octanol–water partition coefficient (Wildman–Crippen LogP) is 2.30. The molecule has 1 heterocycles. The van der Waals surface area contributed by atoms with Gasteiger partial charge in [-0.1, -0.05) is 0 Å². The zero-order chi connectivity index (χ0) is 14.5. The van der Waals surface area contributed by atoms with Crippen LogP contribution in [-0.4, -0.2) is 21.0 Å². The number of hydrogen-bond acceptors (Lipinski definition) is 5. The number of benzene rings is 1. The van der Waals surface area contributed by atoms with Gasteiger partial charge in [0.2, 0.25) is 0 Å². The highest BCUT2D eigenvalue weighted by Crippen LogP contribution is 2.26. The molecule has 0 saturated heterocycles. The van der Waals surface area contributed by atoms with Crippen LogP contribution in [0.4, 0.5) is 11.4 Å². The molecule has 0 fully saturated rings. The van der Waals surface area contributed by atoms with Gasteiger partial charge in [0.25, 0.3) is 5.69 Å². The van der Waals surface area contributed by atoms with E-state index in [-0.39, 0.29) is 16.9 Å². The molecule has 102 valence electrons. The van der Waals surface area contributed by atoms with Crippen molar-refractivity contribution in [2.75, 3.05) is 5.32 Å². The van der Waals surface area contributed by atoms with Crippen LogP contribution in [0.2, 0.25) is 0 Å². The molecule has 2 N–H and O–H groups in total. The Kier molecular flexibility index (Phi) is 3.90. The Morgan fingerprint density at radius 1 is 1.30 bits per heavy atom. The fraction of sp³-hybridized carbons (Fsp3) is 0.0769. The molecule has 1 aromatic heterocycles. The summed E-state index contributed by atoms with van der Waals surface area (Å²) in [5.74, 6) is -1.13. The molecule has 0 unspecified atom stereocenters. The van der Waals surface area contributed by atoms with Crippen molar-refractivity contribution >= 4 is 17.3 Å². The molecule has 7 heteroatoms. The van der Waals surface area contributed by atoms with Crippen LogP contribution in [-0.2, 0) is 6.54 Å². The van der Waals surface area contributed by atoms with Crippen LogP contribution in [0.15, 0.2) is 42.7 Å². The summed E-state index contributed by atoms with van der Waals surface area (Å²) >= 11 is 0. The normalized spacial score (nSPS) is 10.0. The number of nitrogens with zero attached hydrogens (tertiary/aromatic N) is 2. The summed E-state index contributed by atoms with van der Waals surface area (Å²) < 4.78 is 0. The van der Waals surface area contributed by atoms with E-state index in [0.29, 0.717) is 6.54 Å². The molecule has 0 bridgehead atoms. The molecule has 20 heavy (non-hydrogen) atoms. The molecule has 0 saturated carbocycles. The Labute approximate surface area is 114 Å². The number of hydrogen-bond donors (Lipinski definition) is 2. The quantitative estimate of drug-likeness (QED) is 0.639. The van der Waals surface area contributed by atoms with Gasteiger partial charge in [-0.2, -0.15) is 0 Å². The summed E-state index contributed by atoms with van der Waals surface area (Å²) in [6.45, 7) is 0.340. The number of anilines is 1. The maximum absolute atomic E-state index is 10.9. The smallest absolute Gasteiger partial charge is 0.335 e. The van der Waals surface area contributed by atoms with Gasteiger partial charge in [0.1, 0.15) is 5.69 Å². The van der Waals surface area contributed by atoms with Crippen LogP contribution in [0.25, 0.3) is 0 Å². The first-order chi connectivity index (χ1) is 9.58. The number of nitro benzene ring substituents is 1. The fourth-order valence-electron chi connectivity index (χ4n) is 1.67. The maximum Gasteiger partial charge on any atom is 0.335 e. The van der Waals surface area contributed by atoms with Crippen LogP contribution >= 0.6 is 0 Å². The molecule has 1 aromatic carbocycles. The van der Waals surface area contributed by atoms with Crippen LogP contribution in [0.5, 0.6) is 0 Å². The Morgan fingerprint density at radius 3 is 2.60 bits per heavy atom. The lowest BCUT2D eigenvalue weighted by Gasteiger charge is -2.08. The van der Waals surface area contributed by atoms with Gasteiger partial charge in [0.15, 0.2) is 0 Å². The van der Waals surface area contributed by atoms with Gasteiger partial charge in [-0.15, -0.1) is 0 Å². The predicted molar refractivity (Wildman–Crippen MR) is 71.6 cm³/mol. The summed E-state index contributed by atoms with van der Waals surface area (Å²) in [4.78, 5) is 25.1. The second-order valence-electron chi connectivity index (χ2n) is 4.00. The zero-order valence-electron chi connectivity index (χ0n) is 10.3. The minimum atomic E-state index is -1.13. The Bertz CT molecular complexity index is 643. The van der Waals surface area contributed by atoms with Crippen molar-refractivity contribution in [3.63, 3.8) is 0 Å². The minimum Gasteiger partial charge on any atom is -0.478 e. The second kappa shape index (κ2) is 5.79. The van der Waals surface area contributed by atoms with Gasteiger partial charge in [-0.05, 0) is 29.8 Å². The third-order valence-electron chi connectivity index (χ3n) is 2.67. The van der Waals surface area contributed by atoms with E-state index in [1.54, 1.807) is 24.5 Å². The highest BCUT2D eigenvalue weighted by atomic mass is 16.6. The van der Waals surface area contributed by atoms with Gasteiger partial charge < -0.3 is 10.4 Å². The van der Waals surface area contributed by atoms with Gasteiger partial charge in [0.05, 0.1) is 10.5 Å². The maximum atomic E-state index is 10.9. The molecule has 0 radical (unpaired) electrons. The molecule has 0 atom stereocenters. The van der Waals surface area contributed by atoms with Crippen LogP contribution in [0.1, 0.15) is 15.9 Å². The fourth-order valence-corrected chi connectivity index (χ4v) is 1.67. The third kappa shape index (κ3) is 3.08. The molecule has 0 aliphatic carbocycles. The second-order valence-corrected chi connectivity index (χ2v) is 4.00. The average Bonchev–Trinajstić information content (AvgIpc) is 2.45. The summed E-state index contributed by atoms with van der Waals surface area (Å²) in [5.41, 5.74) is 0.888. The number of carboxylic acids is 1. The van der Waals surface area contributed by atoms with E-state index < -0.39 is 10.9 Å². The van der Waals surface area contributed by atoms with Crippen LogP contribution < -0.4 is 5.32 Å². The first kappa shape index (κ1) is 13.5. The number of nitro groups is 1. The first-order valence-corrected chi connectivity index (χ1v) is 5.72. The highest BCUT2D eigenvalue weighted by Gasteiger charge is 2.16. The summed E-state index contributed by atoms with van der Waals surface area (Å²) in [6.07, 6.45) is 3.22. The van der Waals surface area contributed by atoms with Gasteiger partial charge in [0, 0.05) is 25.0 Å². The number of rotatable bonds is 5. The molecule has 0 spiro atoms. The summed E-state index contributed by atoms with van der Waals surface area (Å²) in [6, 6.07) is 7.16. The van der Waals surface area contributed by atoms with Crippen molar-refractivity contribution in [3.05, 3.63) is 64.0 Å². The summed E-state index contributed by atoms with van der Waals surface area (Å²) in [7, 11) is 0. The van der Waals surface area contributed by atoms with Crippen molar-refractivity contribution in [1.29, 1.82) is 0 Å². The van der Waals surface area contributed by atoms with Gasteiger partial charge in [-0.3, -0.25) is 15.1 Å². The lowest BCUT2D eigenvalue weighted by molar-refractivity contribution is -0.384. The molecule has 0 aliphatic rings. The van der Waals surface area contributed by atoms with Crippen LogP contribution in [0.3, 0.4) is 0 Å². The lowest BCUT2D eigenvalue weighted by atomic mass is 10.1. The summed E-state index contributed by atoms with van der Waals surface area (Å²) in [5, 5.41) is 22.7. The zero-order valence-corrected chi connectivity index (χ0v) is 10.3. The monoisotopic (exact) mass is 273 g/mol. The molecule has 7 nitrogen and oxygen atoms in total. The molecular weight excluding hydrogens is 262 g/mol. The Balaban J connectivity index is 2.26. The number of aromatic carboxylic acids is 1.